The molecule has 1 aliphatic heterocycles. The van der Waals surface area contributed by atoms with Gasteiger partial charge in [0.1, 0.15) is 23.1 Å². The molecule has 0 saturated carbocycles. The van der Waals surface area contributed by atoms with Crippen molar-refractivity contribution in [2.24, 2.45) is 4.99 Å². The van der Waals surface area contributed by atoms with Crippen molar-refractivity contribution in [2.45, 2.75) is 0 Å². The van der Waals surface area contributed by atoms with Gasteiger partial charge in [0, 0.05) is 11.1 Å². The summed E-state index contributed by atoms with van der Waals surface area (Å²) >= 11 is 0. The van der Waals surface area contributed by atoms with Gasteiger partial charge in [0.25, 0.3) is 5.91 Å². The standard InChI is InChI=1S/C17H11F3N2O2/c1-24-15-5-3-11(18)6-10(15)8-14-17(23)22-16(21-14)9-2-4-12(19)13(20)7-9/h2-8H,1H3,(H,21,22,23)/b14-8+. The first-order valence-corrected chi connectivity index (χ1v) is 6.88. The summed E-state index contributed by atoms with van der Waals surface area (Å²) < 4.78 is 44.8. The van der Waals surface area contributed by atoms with Crippen molar-refractivity contribution in [1.82, 2.24) is 5.32 Å². The first-order valence-electron chi connectivity index (χ1n) is 6.88. The molecule has 2 aromatic rings. The molecule has 0 unspecified atom stereocenters. The smallest absolute Gasteiger partial charge is 0.275 e. The van der Waals surface area contributed by atoms with Gasteiger partial charge in [-0.3, -0.25) is 4.79 Å². The Morgan fingerprint density at radius 2 is 1.88 bits per heavy atom. The van der Waals surface area contributed by atoms with Crippen LogP contribution in [0.2, 0.25) is 0 Å². The van der Waals surface area contributed by atoms with Crippen LogP contribution < -0.4 is 10.1 Å². The lowest BCUT2D eigenvalue weighted by Crippen LogP contribution is -2.24. The fourth-order valence-electron chi connectivity index (χ4n) is 2.21. The molecule has 0 bridgehead atoms. The van der Waals surface area contributed by atoms with Crippen LogP contribution in [0, 0.1) is 17.5 Å². The Hall–Kier alpha value is -3.09. The molecular formula is C17H11F3N2O2. The number of aliphatic imine (C=N–C) groups is 1. The number of amidine groups is 1. The van der Waals surface area contributed by atoms with E-state index in [0.717, 1.165) is 12.1 Å². The minimum absolute atomic E-state index is 0.00127. The van der Waals surface area contributed by atoms with E-state index in [9.17, 15) is 18.0 Å². The number of rotatable bonds is 3. The fourth-order valence-corrected chi connectivity index (χ4v) is 2.21. The summed E-state index contributed by atoms with van der Waals surface area (Å²) in [6, 6.07) is 7.02. The van der Waals surface area contributed by atoms with Crippen LogP contribution in [0.4, 0.5) is 13.2 Å². The molecule has 0 spiro atoms. The molecule has 1 heterocycles. The number of amides is 1. The van der Waals surface area contributed by atoms with Gasteiger partial charge in [0.2, 0.25) is 0 Å². The second-order valence-corrected chi connectivity index (χ2v) is 4.96. The van der Waals surface area contributed by atoms with E-state index in [1.165, 1.54) is 37.5 Å². The molecule has 0 radical (unpaired) electrons. The number of nitrogens with zero attached hydrogens (tertiary/aromatic N) is 1. The molecule has 2 aromatic carbocycles. The van der Waals surface area contributed by atoms with E-state index in [-0.39, 0.29) is 17.1 Å². The fraction of sp³-hybridized carbons (Fsp3) is 0.0588. The molecule has 0 aliphatic carbocycles. The molecule has 0 fully saturated rings. The van der Waals surface area contributed by atoms with Crippen molar-refractivity contribution in [3.05, 3.63) is 70.7 Å². The van der Waals surface area contributed by atoms with E-state index in [1.54, 1.807) is 0 Å². The summed E-state index contributed by atoms with van der Waals surface area (Å²) in [7, 11) is 1.42. The van der Waals surface area contributed by atoms with Gasteiger partial charge in [-0.1, -0.05) is 0 Å². The van der Waals surface area contributed by atoms with Crippen molar-refractivity contribution in [3.63, 3.8) is 0 Å². The van der Waals surface area contributed by atoms with Crippen LogP contribution in [-0.2, 0) is 4.79 Å². The average molecular weight is 332 g/mol. The van der Waals surface area contributed by atoms with Gasteiger partial charge in [0.05, 0.1) is 7.11 Å². The third-order valence-corrected chi connectivity index (χ3v) is 3.37. The lowest BCUT2D eigenvalue weighted by Gasteiger charge is -2.04. The minimum Gasteiger partial charge on any atom is -0.496 e. The molecule has 7 heteroatoms. The highest BCUT2D eigenvalue weighted by Gasteiger charge is 2.22. The highest BCUT2D eigenvalue weighted by atomic mass is 19.2. The number of benzene rings is 2. The van der Waals surface area contributed by atoms with Crippen LogP contribution in [0.5, 0.6) is 5.75 Å². The molecule has 24 heavy (non-hydrogen) atoms. The zero-order valence-corrected chi connectivity index (χ0v) is 12.4. The van der Waals surface area contributed by atoms with Crippen molar-refractivity contribution < 1.29 is 22.7 Å². The molecule has 1 N–H and O–H groups in total. The molecule has 0 atom stereocenters. The number of carbonyl (C=O) groups is 1. The first kappa shape index (κ1) is 15.8. The number of nitrogens with one attached hydrogen (secondary N) is 1. The van der Waals surface area contributed by atoms with Crippen LogP contribution in [0.15, 0.2) is 47.1 Å². The third-order valence-electron chi connectivity index (χ3n) is 3.37. The molecule has 3 rings (SSSR count). The zero-order chi connectivity index (χ0) is 17.3. The van der Waals surface area contributed by atoms with Gasteiger partial charge < -0.3 is 10.1 Å². The van der Waals surface area contributed by atoms with Crippen LogP contribution in [0.25, 0.3) is 6.08 Å². The molecular weight excluding hydrogens is 321 g/mol. The maximum atomic E-state index is 13.4. The Morgan fingerprint density at radius 3 is 2.58 bits per heavy atom. The van der Waals surface area contributed by atoms with Crippen molar-refractivity contribution in [1.29, 1.82) is 0 Å². The van der Waals surface area contributed by atoms with Gasteiger partial charge in [-0.05, 0) is 42.5 Å². The topological polar surface area (TPSA) is 50.7 Å². The number of hydrogen-bond donors (Lipinski definition) is 1. The second-order valence-electron chi connectivity index (χ2n) is 4.96. The summed E-state index contributed by atoms with van der Waals surface area (Å²) in [5.74, 6) is -2.63. The SMILES string of the molecule is COc1ccc(F)cc1/C=C1/N=C(c2ccc(F)c(F)c2)NC1=O. The second kappa shape index (κ2) is 6.19. The Labute approximate surface area is 135 Å². The normalized spacial score (nSPS) is 15.4. The molecule has 1 aliphatic rings. The van der Waals surface area contributed by atoms with Crippen molar-refractivity contribution >= 4 is 17.8 Å². The Morgan fingerprint density at radius 1 is 1.08 bits per heavy atom. The summed E-state index contributed by atoms with van der Waals surface area (Å²) in [5.41, 5.74) is 0.549. The van der Waals surface area contributed by atoms with Crippen LogP contribution >= 0.6 is 0 Å². The number of halogens is 3. The number of carbonyl (C=O) groups excluding carboxylic acids is 1. The Balaban J connectivity index is 2.00. The molecule has 122 valence electrons. The summed E-state index contributed by atoms with van der Waals surface area (Å²) in [4.78, 5) is 16.1. The highest BCUT2D eigenvalue weighted by molar-refractivity contribution is 6.19. The quantitative estimate of drug-likeness (QED) is 0.879. The van der Waals surface area contributed by atoms with E-state index < -0.39 is 23.4 Å². The maximum absolute atomic E-state index is 13.4. The third kappa shape index (κ3) is 3.01. The Bertz CT molecular complexity index is 891. The summed E-state index contributed by atoms with van der Waals surface area (Å²) in [6.07, 6.45) is 1.35. The number of ether oxygens (including phenoxy) is 1. The highest BCUT2D eigenvalue weighted by Crippen LogP contribution is 2.24. The van der Waals surface area contributed by atoms with Gasteiger partial charge in [-0.15, -0.1) is 0 Å². The van der Waals surface area contributed by atoms with E-state index >= 15 is 0 Å². The van der Waals surface area contributed by atoms with Crippen LogP contribution in [0.1, 0.15) is 11.1 Å². The predicted octanol–water partition coefficient (Wildman–Crippen LogP) is 3.03. The van der Waals surface area contributed by atoms with Crippen LogP contribution in [0.3, 0.4) is 0 Å². The molecule has 0 saturated heterocycles. The Kier molecular flexibility index (Phi) is 4.07. The summed E-state index contributed by atoms with van der Waals surface area (Å²) in [5, 5.41) is 2.46. The minimum atomic E-state index is -1.05. The van der Waals surface area contributed by atoms with E-state index in [2.05, 4.69) is 10.3 Å². The summed E-state index contributed by atoms with van der Waals surface area (Å²) in [6.45, 7) is 0. The molecule has 4 nitrogen and oxygen atoms in total. The molecule has 1 amide bonds. The maximum Gasteiger partial charge on any atom is 0.275 e. The van der Waals surface area contributed by atoms with Crippen LogP contribution in [-0.4, -0.2) is 18.9 Å². The number of methoxy groups -OCH3 is 1. The molecule has 0 aromatic heterocycles. The zero-order valence-electron chi connectivity index (χ0n) is 12.4. The predicted molar refractivity (Wildman–Crippen MR) is 82.0 cm³/mol. The van der Waals surface area contributed by atoms with E-state index in [1.807, 2.05) is 0 Å². The lowest BCUT2D eigenvalue weighted by molar-refractivity contribution is -0.115. The van der Waals surface area contributed by atoms with Gasteiger partial charge in [-0.2, -0.15) is 0 Å². The van der Waals surface area contributed by atoms with E-state index in [4.69, 9.17) is 4.74 Å². The number of hydrogen-bond acceptors (Lipinski definition) is 3. The largest absolute Gasteiger partial charge is 0.496 e. The van der Waals surface area contributed by atoms with Gasteiger partial charge in [0.15, 0.2) is 11.6 Å². The van der Waals surface area contributed by atoms with Crippen molar-refractivity contribution in [3.8, 4) is 5.75 Å². The van der Waals surface area contributed by atoms with Crippen molar-refractivity contribution in [2.75, 3.05) is 7.11 Å². The lowest BCUT2D eigenvalue weighted by atomic mass is 10.1. The monoisotopic (exact) mass is 332 g/mol. The van der Waals surface area contributed by atoms with E-state index in [0.29, 0.717) is 11.3 Å². The van der Waals surface area contributed by atoms with Gasteiger partial charge in [-0.25, -0.2) is 18.2 Å². The first-order chi connectivity index (χ1) is 11.5. The average Bonchev–Trinajstić information content (AvgIpc) is 2.91. The van der Waals surface area contributed by atoms with Gasteiger partial charge >= 0.3 is 0 Å².